The van der Waals surface area contributed by atoms with Gasteiger partial charge in [0.05, 0.1) is 30.6 Å². The molecule has 0 bridgehead atoms. The molecule has 4 rings (SSSR count). The van der Waals surface area contributed by atoms with Gasteiger partial charge in [-0.15, -0.1) is 0 Å². The summed E-state index contributed by atoms with van der Waals surface area (Å²) in [4.78, 5) is 34.6. The van der Waals surface area contributed by atoms with Gasteiger partial charge >= 0.3 is 5.76 Å². The van der Waals surface area contributed by atoms with Crippen LogP contribution in [0.2, 0.25) is 0 Å². The minimum atomic E-state index is -0.534. The van der Waals surface area contributed by atoms with Crippen molar-refractivity contribution in [1.29, 1.82) is 0 Å². The molecule has 3 heterocycles. The number of benzene rings is 1. The van der Waals surface area contributed by atoms with Crippen LogP contribution in [0.4, 0.5) is 0 Å². The molecule has 25 heavy (non-hydrogen) atoms. The molecule has 0 aliphatic carbocycles. The standard InChI is InChI=1S/C17H16N4O4/c22-16(11-21-13-3-1-2-4-14(13)25-17(21)23)20-7-8-24-15(10-20)12-9-18-5-6-19-12/h1-6,9,15H,7-8,10-11H2. The first-order valence-corrected chi connectivity index (χ1v) is 7.96. The normalized spacial score (nSPS) is 17.8. The summed E-state index contributed by atoms with van der Waals surface area (Å²) < 4.78 is 12.2. The van der Waals surface area contributed by atoms with E-state index in [0.717, 1.165) is 0 Å². The third-order valence-electron chi connectivity index (χ3n) is 4.20. The molecule has 1 fully saturated rings. The number of oxazole rings is 1. The third kappa shape index (κ3) is 3.03. The lowest BCUT2D eigenvalue weighted by molar-refractivity contribution is -0.139. The molecular formula is C17H16N4O4. The van der Waals surface area contributed by atoms with E-state index in [2.05, 4.69) is 9.97 Å². The van der Waals surface area contributed by atoms with Gasteiger partial charge in [0, 0.05) is 18.9 Å². The van der Waals surface area contributed by atoms with Gasteiger partial charge in [-0.1, -0.05) is 12.1 Å². The lowest BCUT2D eigenvalue weighted by Gasteiger charge is -2.32. The van der Waals surface area contributed by atoms with Gasteiger partial charge in [0.2, 0.25) is 5.91 Å². The third-order valence-corrected chi connectivity index (χ3v) is 4.20. The van der Waals surface area contributed by atoms with E-state index in [1.54, 1.807) is 47.8 Å². The minimum absolute atomic E-state index is 0.0664. The van der Waals surface area contributed by atoms with E-state index in [4.69, 9.17) is 9.15 Å². The van der Waals surface area contributed by atoms with Crippen molar-refractivity contribution in [2.75, 3.05) is 19.7 Å². The first-order valence-electron chi connectivity index (χ1n) is 7.96. The Labute approximate surface area is 142 Å². The first kappa shape index (κ1) is 15.5. The van der Waals surface area contributed by atoms with E-state index in [-0.39, 0.29) is 18.6 Å². The zero-order valence-corrected chi connectivity index (χ0v) is 13.4. The first-order chi connectivity index (χ1) is 12.2. The second-order valence-electron chi connectivity index (χ2n) is 5.75. The van der Waals surface area contributed by atoms with E-state index in [9.17, 15) is 9.59 Å². The van der Waals surface area contributed by atoms with Crippen LogP contribution in [0.25, 0.3) is 11.1 Å². The highest BCUT2D eigenvalue weighted by Crippen LogP contribution is 2.20. The Balaban J connectivity index is 1.52. The fourth-order valence-corrected chi connectivity index (χ4v) is 2.93. The number of morpholine rings is 1. The number of carbonyl (C=O) groups excluding carboxylic acids is 1. The van der Waals surface area contributed by atoms with Crippen LogP contribution in [-0.4, -0.2) is 45.0 Å². The summed E-state index contributed by atoms with van der Waals surface area (Å²) in [5, 5.41) is 0. The maximum Gasteiger partial charge on any atom is 0.420 e. The van der Waals surface area contributed by atoms with Crippen molar-refractivity contribution in [2.45, 2.75) is 12.6 Å². The Morgan fingerprint density at radius 3 is 3.00 bits per heavy atom. The predicted molar refractivity (Wildman–Crippen MR) is 87.8 cm³/mol. The Hall–Kier alpha value is -3.00. The van der Waals surface area contributed by atoms with Gasteiger partial charge in [0.1, 0.15) is 12.6 Å². The summed E-state index contributed by atoms with van der Waals surface area (Å²) in [7, 11) is 0. The molecule has 0 spiro atoms. The summed E-state index contributed by atoms with van der Waals surface area (Å²) in [6.07, 6.45) is 4.50. The molecule has 0 radical (unpaired) electrons. The van der Waals surface area contributed by atoms with Crippen LogP contribution in [0.1, 0.15) is 11.8 Å². The molecule has 1 unspecified atom stereocenters. The average molecular weight is 340 g/mol. The summed E-state index contributed by atoms with van der Waals surface area (Å²) in [6.45, 7) is 1.19. The number of aromatic nitrogens is 3. The van der Waals surface area contributed by atoms with Crippen molar-refractivity contribution in [1.82, 2.24) is 19.4 Å². The van der Waals surface area contributed by atoms with E-state index >= 15 is 0 Å². The summed E-state index contributed by atoms with van der Waals surface area (Å²) in [5.74, 6) is -0.695. The molecule has 1 amide bonds. The van der Waals surface area contributed by atoms with Crippen molar-refractivity contribution < 1.29 is 13.9 Å². The zero-order valence-electron chi connectivity index (χ0n) is 13.4. The highest BCUT2D eigenvalue weighted by molar-refractivity contribution is 5.79. The number of hydrogen-bond donors (Lipinski definition) is 0. The number of fused-ring (bicyclic) bond motifs is 1. The lowest BCUT2D eigenvalue weighted by Crippen LogP contribution is -2.44. The maximum absolute atomic E-state index is 12.7. The fraction of sp³-hybridized carbons (Fsp3) is 0.294. The molecule has 0 saturated carbocycles. The van der Waals surface area contributed by atoms with E-state index in [1.807, 2.05) is 0 Å². The van der Waals surface area contributed by atoms with E-state index in [1.165, 1.54) is 4.57 Å². The molecule has 1 aromatic carbocycles. The molecule has 128 valence electrons. The van der Waals surface area contributed by atoms with Crippen molar-refractivity contribution in [3.05, 3.63) is 59.1 Å². The molecule has 2 aromatic heterocycles. The number of amides is 1. The molecule has 3 aromatic rings. The van der Waals surface area contributed by atoms with E-state index in [0.29, 0.717) is 36.5 Å². The summed E-state index contributed by atoms with van der Waals surface area (Å²) in [6, 6.07) is 7.05. The van der Waals surface area contributed by atoms with Crippen LogP contribution >= 0.6 is 0 Å². The largest absolute Gasteiger partial charge is 0.420 e. The second-order valence-corrected chi connectivity index (χ2v) is 5.75. The highest BCUT2D eigenvalue weighted by Gasteiger charge is 2.27. The van der Waals surface area contributed by atoms with Crippen LogP contribution in [0.3, 0.4) is 0 Å². The maximum atomic E-state index is 12.7. The Kier molecular flexibility index (Phi) is 4.02. The molecule has 0 N–H and O–H groups in total. The van der Waals surface area contributed by atoms with Gasteiger partial charge in [-0.25, -0.2) is 4.79 Å². The zero-order chi connectivity index (χ0) is 17.2. The minimum Gasteiger partial charge on any atom is -0.408 e. The van der Waals surface area contributed by atoms with Crippen LogP contribution in [0, 0.1) is 0 Å². The molecule has 1 saturated heterocycles. The number of rotatable bonds is 3. The van der Waals surface area contributed by atoms with Crippen LogP contribution in [-0.2, 0) is 16.1 Å². The highest BCUT2D eigenvalue weighted by atomic mass is 16.5. The number of para-hydroxylation sites is 2. The molecule has 1 aliphatic rings. The van der Waals surface area contributed by atoms with Gasteiger partial charge in [-0.05, 0) is 12.1 Å². The molecule has 8 heteroatoms. The van der Waals surface area contributed by atoms with Crippen molar-refractivity contribution in [3.8, 4) is 0 Å². The molecule has 1 atom stereocenters. The van der Waals surface area contributed by atoms with Crippen LogP contribution in [0.5, 0.6) is 0 Å². The van der Waals surface area contributed by atoms with Crippen LogP contribution in [0.15, 0.2) is 52.1 Å². The Morgan fingerprint density at radius 2 is 2.16 bits per heavy atom. The molecule has 1 aliphatic heterocycles. The topological polar surface area (TPSA) is 90.5 Å². The quantitative estimate of drug-likeness (QED) is 0.706. The number of ether oxygens (including phenoxy) is 1. The fourth-order valence-electron chi connectivity index (χ4n) is 2.93. The lowest BCUT2D eigenvalue weighted by atomic mass is 10.2. The monoisotopic (exact) mass is 340 g/mol. The van der Waals surface area contributed by atoms with Gasteiger partial charge in [-0.2, -0.15) is 0 Å². The van der Waals surface area contributed by atoms with E-state index < -0.39 is 5.76 Å². The van der Waals surface area contributed by atoms with Crippen molar-refractivity contribution in [3.63, 3.8) is 0 Å². The summed E-state index contributed by atoms with van der Waals surface area (Å²) in [5.41, 5.74) is 1.77. The smallest absolute Gasteiger partial charge is 0.408 e. The number of nitrogens with zero attached hydrogens (tertiary/aromatic N) is 4. The SMILES string of the molecule is O=C(Cn1c(=O)oc2ccccc21)N1CCOC(c2cnccn2)C1. The second kappa shape index (κ2) is 6.48. The van der Waals surface area contributed by atoms with Gasteiger partial charge in [-0.3, -0.25) is 19.3 Å². The van der Waals surface area contributed by atoms with Crippen molar-refractivity contribution >= 4 is 17.0 Å². The van der Waals surface area contributed by atoms with Gasteiger partial charge in [0.25, 0.3) is 0 Å². The molecule has 8 nitrogen and oxygen atoms in total. The number of carbonyl (C=O) groups is 1. The summed E-state index contributed by atoms with van der Waals surface area (Å²) >= 11 is 0. The van der Waals surface area contributed by atoms with Crippen LogP contribution < -0.4 is 5.76 Å². The molecular weight excluding hydrogens is 324 g/mol. The predicted octanol–water partition coefficient (Wildman–Crippen LogP) is 0.985. The van der Waals surface area contributed by atoms with Gasteiger partial charge < -0.3 is 14.1 Å². The average Bonchev–Trinajstić information content (AvgIpc) is 2.98. The Morgan fingerprint density at radius 1 is 1.28 bits per heavy atom. The van der Waals surface area contributed by atoms with Crippen molar-refractivity contribution in [2.24, 2.45) is 0 Å². The van der Waals surface area contributed by atoms with Gasteiger partial charge in [0.15, 0.2) is 5.58 Å². The number of hydrogen-bond acceptors (Lipinski definition) is 6. The Bertz CT molecular complexity index is 950.